The summed E-state index contributed by atoms with van der Waals surface area (Å²) in [5.41, 5.74) is 0.856. The van der Waals surface area contributed by atoms with Crippen LogP contribution in [0.5, 0.6) is 0 Å². The van der Waals surface area contributed by atoms with Crippen LogP contribution in [0, 0.1) is 11.2 Å². The van der Waals surface area contributed by atoms with Crippen LogP contribution in [-0.4, -0.2) is 36.5 Å². The Kier molecular flexibility index (Phi) is 5.25. The Morgan fingerprint density at radius 1 is 1.36 bits per heavy atom. The predicted molar refractivity (Wildman–Crippen MR) is 93.4 cm³/mol. The van der Waals surface area contributed by atoms with E-state index in [1.54, 1.807) is 17.0 Å². The fraction of sp³-hybridized carbons (Fsp3) is 0.579. The Bertz CT molecular complexity index is 628. The van der Waals surface area contributed by atoms with Crippen molar-refractivity contribution in [1.82, 2.24) is 15.5 Å². The fourth-order valence-electron chi connectivity index (χ4n) is 3.95. The molecule has 1 aromatic rings. The second-order valence-electron chi connectivity index (χ2n) is 7.20. The Morgan fingerprint density at radius 2 is 2.08 bits per heavy atom. The molecule has 136 valence electrons. The van der Waals surface area contributed by atoms with Gasteiger partial charge in [0.05, 0.1) is 0 Å². The maximum atomic E-state index is 13.2. The molecule has 1 aromatic carbocycles. The molecule has 0 bridgehead atoms. The van der Waals surface area contributed by atoms with Gasteiger partial charge in [0.1, 0.15) is 11.9 Å². The van der Waals surface area contributed by atoms with Crippen LogP contribution in [0.25, 0.3) is 0 Å². The smallest absolute Gasteiger partial charge is 0.318 e. The first-order valence-corrected chi connectivity index (χ1v) is 9.12. The summed E-state index contributed by atoms with van der Waals surface area (Å²) in [6.45, 7) is 3.71. The van der Waals surface area contributed by atoms with E-state index < -0.39 is 6.04 Å². The number of nitrogens with zero attached hydrogens (tertiary/aromatic N) is 1. The second kappa shape index (κ2) is 7.42. The lowest BCUT2D eigenvalue weighted by Crippen LogP contribution is -2.56. The molecule has 25 heavy (non-hydrogen) atoms. The fourth-order valence-corrected chi connectivity index (χ4v) is 3.95. The molecule has 0 spiro atoms. The van der Waals surface area contributed by atoms with Crippen LogP contribution >= 0.6 is 0 Å². The Balaban J connectivity index is 1.70. The zero-order valence-corrected chi connectivity index (χ0v) is 14.7. The molecule has 2 fully saturated rings. The van der Waals surface area contributed by atoms with Gasteiger partial charge in [-0.25, -0.2) is 9.18 Å². The molecule has 1 aliphatic carbocycles. The third-order valence-corrected chi connectivity index (χ3v) is 5.47. The number of rotatable bonds is 5. The largest absolute Gasteiger partial charge is 0.352 e. The van der Waals surface area contributed by atoms with Crippen LogP contribution < -0.4 is 10.6 Å². The maximum Gasteiger partial charge on any atom is 0.318 e. The lowest BCUT2D eigenvalue weighted by atomic mass is 9.66. The van der Waals surface area contributed by atoms with Gasteiger partial charge >= 0.3 is 6.03 Å². The molecule has 3 rings (SSSR count). The monoisotopic (exact) mass is 347 g/mol. The Labute approximate surface area is 148 Å². The number of urea groups is 1. The molecule has 5 nitrogen and oxygen atoms in total. The topological polar surface area (TPSA) is 61.4 Å². The van der Waals surface area contributed by atoms with E-state index in [4.69, 9.17) is 0 Å². The normalized spacial score (nSPS) is 22.1. The minimum Gasteiger partial charge on any atom is -0.352 e. The quantitative estimate of drug-likeness (QED) is 0.860. The molecule has 1 atom stereocenters. The van der Waals surface area contributed by atoms with Crippen molar-refractivity contribution in [1.29, 1.82) is 0 Å². The predicted octanol–water partition coefficient (Wildman–Crippen LogP) is 2.98. The molecule has 1 aliphatic heterocycles. The first kappa shape index (κ1) is 17.7. The van der Waals surface area contributed by atoms with Crippen LogP contribution in [0.15, 0.2) is 24.3 Å². The highest BCUT2D eigenvalue weighted by molar-refractivity contribution is 5.89. The number of hydrogen-bond acceptors (Lipinski definition) is 2. The summed E-state index contributed by atoms with van der Waals surface area (Å²) in [6.07, 6.45) is 5.77. The number of carbonyl (C=O) groups is 2. The van der Waals surface area contributed by atoms with Gasteiger partial charge in [-0.05, 0) is 42.4 Å². The van der Waals surface area contributed by atoms with Crippen LogP contribution in [0.1, 0.15) is 50.6 Å². The van der Waals surface area contributed by atoms with Gasteiger partial charge in [0, 0.05) is 19.6 Å². The number of benzene rings is 1. The Morgan fingerprint density at radius 3 is 2.68 bits per heavy atom. The number of halogens is 1. The average molecular weight is 347 g/mol. The van der Waals surface area contributed by atoms with E-state index >= 15 is 0 Å². The van der Waals surface area contributed by atoms with Crippen LogP contribution in [0.3, 0.4) is 0 Å². The van der Waals surface area contributed by atoms with Crippen molar-refractivity contribution in [2.75, 3.05) is 19.6 Å². The van der Waals surface area contributed by atoms with Crippen molar-refractivity contribution in [3.8, 4) is 0 Å². The molecular formula is C19H26FN3O2. The van der Waals surface area contributed by atoms with Gasteiger partial charge in [-0.2, -0.15) is 0 Å². The van der Waals surface area contributed by atoms with Crippen molar-refractivity contribution in [3.05, 3.63) is 35.6 Å². The molecular weight excluding hydrogens is 321 g/mol. The molecule has 1 saturated carbocycles. The van der Waals surface area contributed by atoms with Gasteiger partial charge in [0.15, 0.2) is 0 Å². The number of carbonyl (C=O) groups excluding carboxylic acids is 2. The molecule has 0 aromatic heterocycles. The van der Waals surface area contributed by atoms with E-state index in [1.807, 2.05) is 0 Å². The highest BCUT2D eigenvalue weighted by Gasteiger charge is 2.38. The van der Waals surface area contributed by atoms with E-state index in [0.717, 1.165) is 25.7 Å². The summed E-state index contributed by atoms with van der Waals surface area (Å²) in [5, 5.41) is 5.84. The van der Waals surface area contributed by atoms with Gasteiger partial charge in [0.2, 0.25) is 5.91 Å². The van der Waals surface area contributed by atoms with Crippen molar-refractivity contribution in [2.45, 2.75) is 45.1 Å². The summed E-state index contributed by atoms with van der Waals surface area (Å²) < 4.78 is 13.2. The van der Waals surface area contributed by atoms with Crippen molar-refractivity contribution >= 4 is 11.9 Å². The molecule has 2 N–H and O–H groups in total. The standard InChI is InChI=1S/C19H26FN3O2/c1-2-8-19(9-3-10-19)13-22-18(25)23-12-11-21-17(24)16(23)14-4-6-15(20)7-5-14/h4-7,16H,2-3,8-13H2,1H3,(H,21,24)(H,22,25)/t16-/m1/s1. The maximum absolute atomic E-state index is 13.2. The summed E-state index contributed by atoms with van der Waals surface area (Å²) in [7, 11) is 0. The number of nitrogens with one attached hydrogen (secondary N) is 2. The van der Waals surface area contributed by atoms with Crippen LogP contribution in [-0.2, 0) is 4.79 Å². The zero-order chi connectivity index (χ0) is 17.9. The number of piperazine rings is 1. The lowest BCUT2D eigenvalue weighted by Gasteiger charge is -2.43. The molecule has 3 amide bonds. The third kappa shape index (κ3) is 3.78. The number of hydrogen-bond donors (Lipinski definition) is 2. The summed E-state index contributed by atoms with van der Waals surface area (Å²) in [6, 6.07) is 4.84. The highest BCUT2D eigenvalue weighted by atomic mass is 19.1. The second-order valence-corrected chi connectivity index (χ2v) is 7.20. The minimum absolute atomic E-state index is 0.216. The van der Waals surface area contributed by atoms with E-state index in [2.05, 4.69) is 17.6 Å². The first-order valence-electron chi connectivity index (χ1n) is 9.12. The van der Waals surface area contributed by atoms with Crippen molar-refractivity contribution in [3.63, 3.8) is 0 Å². The first-order chi connectivity index (χ1) is 12.0. The molecule has 2 aliphatic rings. The average Bonchev–Trinajstić information content (AvgIpc) is 2.57. The Hall–Kier alpha value is -2.11. The van der Waals surface area contributed by atoms with E-state index in [0.29, 0.717) is 25.2 Å². The van der Waals surface area contributed by atoms with Gasteiger partial charge in [-0.15, -0.1) is 0 Å². The van der Waals surface area contributed by atoms with Crippen LogP contribution in [0.4, 0.5) is 9.18 Å². The molecule has 0 unspecified atom stereocenters. The SMILES string of the molecule is CCCC1(CNC(=O)N2CCNC(=O)[C@H]2c2ccc(F)cc2)CCC1. The van der Waals surface area contributed by atoms with Gasteiger partial charge in [0.25, 0.3) is 0 Å². The zero-order valence-electron chi connectivity index (χ0n) is 14.7. The van der Waals surface area contributed by atoms with Crippen molar-refractivity contribution < 1.29 is 14.0 Å². The van der Waals surface area contributed by atoms with E-state index in [1.165, 1.54) is 18.6 Å². The minimum atomic E-state index is -0.710. The van der Waals surface area contributed by atoms with E-state index in [-0.39, 0.29) is 23.2 Å². The van der Waals surface area contributed by atoms with E-state index in [9.17, 15) is 14.0 Å². The molecule has 1 heterocycles. The van der Waals surface area contributed by atoms with Gasteiger partial charge in [-0.3, -0.25) is 4.79 Å². The third-order valence-electron chi connectivity index (χ3n) is 5.47. The summed E-state index contributed by atoms with van der Waals surface area (Å²) in [5.74, 6) is -0.581. The van der Waals surface area contributed by atoms with Crippen LogP contribution in [0.2, 0.25) is 0 Å². The van der Waals surface area contributed by atoms with Gasteiger partial charge < -0.3 is 15.5 Å². The number of amides is 3. The van der Waals surface area contributed by atoms with Crippen molar-refractivity contribution in [2.24, 2.45) is 5.41 Å². The highest BCUT2D eigenvalue weighted by Crippen LogP contribution is 2.44. The summed E-state index contributed by atoms with van der Waals surface area (Å²) >= 11 is 0. The molecule has 1 saturated heterocycles. The molecule has 6 heteroatoms. The molecule has 0 radical (unpaired) electrons. The summed E-state index contributed by atoms with van der Waals surface area (Å²) in [4.78, 5) is 26.6. The van der Waals surface area contributed by atoms with Gasteiger partial charge in [-0.1, -0.05) is 31.9 Å². The lowest BCUT2D eigenvalue weighted by molar-refractivity contribution is -0.127.